The molecule has 0 radical (unpaired) electrons. The standard InChI is InChI=1S/C17H34N2/c1-14(2)8-6-4-5-7-11-18-16-12-15(3)19(13-16)17-9-10-17/h14-18H,4-13H2,1-3H3. The van der Waals surface area contributed by atoms with Gasteiger partial charge in [-0.2, -0.15) is 0 Å². The molecule has 1 aliphatic carbocycles. The predicted octanol–water partition coefficient (Wildman–Crippen LogP) is 3.81. The van der Waals surface area contributed by atoms with E-state index in [4.69, 9.17) is 0 Å². The molecule has 0 aromatic heterocycles. The van der Waals surface area contributed by atoms with Gasteiger partial charge < -0.3 is 5.32 Å². The van der Waals surface area contributed by atoms with Gasteiger partial charge in [0.1, 0.15) is 0 Å². The highest BCUT2D eigenvalue weighted by Crippen LogP contribution is 2.33. The second kappa shape index (κ2) is 7.64. The fourth-order valence-electron chi connectivity index (χ4n) is 3.46. The van der Waals surface area contributed by atoms with Crippen molar-refractivity contribution >= 4 is 0 Å². The van der Waals surface area contributed by atoms with Crippen molar-refractivity contribution < 1.29 is 0 Å². The van der Waals surface area contributed by atoms with Gasteiger partial charge in [-0.25, -0.2) is 0 Å². The third kappa shape index (κ3) is 5.43. The minimum atomic E-state index is 0.770. The van der Waals surface area contributed by atoms with Gasteiger partial charge in [0.15, 0.2) is 0 Å². The lowest BCUT2D eigenvalue weighted by molar-refractivity contribution is 0.255. The molecule has 2 atom stereocenters. The van der Waals surface area contributed by atoms with Crippen molar-refractivity contribution in [2.24, 2.45) is 5.92 Å². The number of unbranched alkanes of at least 4 members (excludes halogenated alkanes) is 3. The molecule has 19 heavy (non-hydrogen) atoms. The Labute approximate surface area is 120 Å². The summed E-state index contributed by atoms with van der Waals surface area (Å²) < 4.78 is 0. The maximum atomic E-state index is 3.78. The van der Waals surface area contributed by atoms with Crippen molar-refractivity contribution in [1.29, 1.82) is 0 Å². The van der Waals surface area contributed by atoms with Gasteiger partial charge in [0.2, 0.25) is 0 Å². The van der Waals surface area contributed by atoms with Gasteiger partial charge >= 0.3 is 0 Å². The Hall–Kier alpha value is -0.0800. The molecule has 2 unspecified atom stereocenters. The SMILES string of the molecule is CC(C)CCCCCCNC1CC(C)N(C2CC2)C1. The van der Waals surface area contributed by atoms with E-state index in [2.05, 4.69) is 31.0 Å². The molecule has 2 heteroatoms. The van der Waals surface area contributed by atoms with E-state index in [0.717, 1.165) is 24.0 Å². The number of hydrogen-bond donors (Lipinski definition) is 1. The van der Waals surface area contributed by atoms with Crippen LogP contribution in [0.25, 0.3) is 0 Å². The Morgan fingerprint density at radius 2 is 1.84 bits per heavy atom. The van der Waals surface area contributed by atoms with E-state index < -0.39 is 0 Å². The van der Waals surface area contributed by atoms with Crippen LogP contribution in [0.4, 0.5) is 0 Å². The number of nitrogens with zero attached hydrogens (tertiary/aromatic N) is 1. The zero-order valence-corrected chi connectivity index (χ0v) is 13.3. The summed E-state index contributed by atoms with van der Waals surface area (Å²) in [7, 11) is 0. The first-order valence-corrected chi connectivity index (χ1v) is 8.66. The highest BCUT2D eigenvalue weighted by Gasteiger charge is 2.38. The van der Waals surface area contributed by atoms with Crippen LogP contribution in [0.5, 0.6) is 0 Å². The molecule has 0 aromatic rings. The summed E-state index contributed by atoms with van der Waals surface area (Å²) >= 11 is 0. The molecule has 1 N–H and O–H groups in total. The van der Waals surface area contributed by atoms with E-state index >= 15 is 0 Å². The maximum absolute atomic E-state index is 3.78. The Kier molecular flexibility index (Phi) is 6.15. The quantitative estimate of drug-likeness (QED) is 0.638. The minimum Gasteiger partial charge on any atom is -0.313 e. The van der Waals surface area contributed by atoms with Crippen molar-refractivity contribution in [3.05, 3.63) is 0 Å². The van der Waals surface area contributed by atoms with Crippen molar-refractivity contribution in [1.82, 2.24) is 10.2 Å². The monoisotopic (exact) mass is 266 g/mol. The summed E-state index contributed by atoms with van der Waals surface area (Å²) in [5.41, 5.74) is 0. The van der Waals surface area contributed by atoms with Crippen molar-refractivity contribution in [2.75, 3.05) is 13.1 Å². The summed E-state index contributed by atoms with van der Waals surface area (Å²) in [5.74, 6) is 0.881. The van der Waals surface area contributed by atoms with E-state index in [1.807, 2.05) is 0 Å². The lowest BCUT2D eigenvalue weighted by Gasteiger charge is -2.19. The smallest absolute Gasteiger partial charge is 0.0210 e. The van der Waals surface area contributed by atoms with Crippen LogP contribution in [0, 0.1) is 5.92 Å². The van der Waals surface area contributed by atoms with Crippen LogP contribution in [-0.2, 0) is 0 Å². The molecule has 0 spiro atoms. The van der Waals surface area contributed by atoms with Crippen LogP contribution >= 0.6 is 0 Å². The molecule has 1 saturated carbocycles. The summed E-state index contributed by atoms with van der Waals surface area (Å²) in [6, 6.07) is 2.53. The fourth-order valence-corrected chi connectivity index (χ4v) is 3.46. The van der Waals surface area contributed by atoms with Crippen molar-refractivity contribution in [2.45, 2.75) is 90.3 Å². The first-order chi connectivity index (χ1) is 9.16. The lowest BCUT2D eigenvalue weighted by atomic mass is 10.0. The molecule has 1 aliphatic heterocycles. The molecule has 1 saturated heterocycles. The number of rotatable bonds is 9. The number of hydrogen-bond acceptors (Lipinski definition) is 2. The third-order valence-electron chi connectivity index (χ3n) is 4.78. The lowest BCUT2D eigenvalue weighted by Crippen LogP contribution is -2.34. The summed E-state index contributed by atoms with van der Waals surface area (Å²) in [5, 5.41) is 3.78. The Bertz CT molecular complexity index is 248. The average Bonchev–Trinajstić information content (AvgIpc) is 3.12. The van der Waals surface area contributed by atoms with Crippen LogP contribution in [0.1, 0.15) is 72.1 Å². The molecular formula is C17H34N2. The van der Waals surface area contributed by atoms with Gasteiger partial charge in [0.05, 0.1) is 0 Å². The van der Waals surface area contributed by atoms with Crippen LogP contribution in [0.3, 0.4) is 0 Å². The normalized spacial score (nSPS) is 28.4. The molecule has 112 valence electrons. The zero-order valence-electron chi connectivity index (χ0n) is 13.3. The predicted molar refractivity (Wildman–Crippen MR) is 83.5 cm³/mol. The van der Waals surface area contributed by atoms with Crippen molar-refractivity contribution in [3.8, 4) is 0 Å². The van der Waals surface area contributed by atoms with E-state index in [-0.39, 0.29) is 0 Å². The second-order valence-corrected chi connectivity index (χ2v) is 7.26. The second-order valence-electron chi connectivity index (χ2n) is 7.26. The molecule has 0 amide bonds. The topological polar surface area (TPSA) is 15.3 Å². The van der Waals surface area contributed by atoms with Crippen LogP contribution in [0.2, 0.25) is 0 Å². The molecular weight excluding hydrogens is 232 g/mol. The Morgan fingerprint density at radius 1 is 1.11 bits per heavy atom. The highest BCUT2D eigenvalue weighted by atomic mass is 15.3. The van der Waals surface area contributed by atoms with E-state index in [0.29, 0.717) is 0 Å². The molecule has 0 bridgehead atoms. The van der Waals surface area contributed by atoms with Gasteiger partial charge in [-0.3, -0.25) is 4.90 Å². The summed E-state index contributed by atoms with van der Waals surface area (Å²) in [4.78, 5) is 2.74. The molecule has 2 fully saturated rings. The summed E-state index contributed by atoms with van der Waals surface area (Å²) in [6.45, 7) is 9.60. The minimum absolute atomic E-state index is 0.770. The van der Waals surface area contributed by atoms with Crippen LogP contribution < -0.4 is 5.32 Å². The summed E-state index contributed by atoms with van der Waals surface area (Å²) in [6.07, 6.45) is 11.3. The third-order valence-corrected chi connectivity index (χ3v) is 4.78. The van der Waals surface area contributed by atoms with Gasteiger partial charge in [-0.15, -0.1) is 0 Å². The Morgan fingerprint density at radius 3 is 2.53 bits per heavy atom. The van der Waals surface area contributed by atoms with Crippen LogP contribution in [0.15, 0.2) is 0 Å². The first kappa shape index (κ1) is 15.3. The fraction of sp³-hybridized carbons (Fsp3) is 1.00. The van der Waals surface area contributed by atoms with E-state index in [1.54, 1.807) is 0 Å². The molecule has 0 aromatic carbocycles. The molecule has 2 nitrogen and oxygen atoms in total. The van der Waals surface area contributed by atoms with Gasteiger partial charge in [-0.05, 0) is 45.1 Å². The van der Waals surface area contributed by atoms with E-state index in [9.17, 15) is 0 Å². The number of likely N-dealkylation sites (tertiary alicyclic amines) is 1. The first-order valence-electron chi connectivity index (χ1n) is 8.66. The van der Waals surface area contributed by atoms with E-state index in [1.165, 1.54) is 64.5 Å². The molecule has 2 rings (SSSR count). The Balaban J connectivity index is 1.45. The molecule has 2 aliphatic rings. The number of nitrogens with one attached hydrogen (secondary N) is 1. The van der Waals surface area contributed by atoms with Gasteiger partial charge in [0.25, 0.3) is 0 Å². The molecule has 1 heterocycles. The highest BCUT2D eigenvalue weighted by molar-refractivity contribution is 4.95. The largest absolute Gasteiger partial charge is 0.313 e. The maximum Gasteiger partial charge on any atom is 0.0210 e. The average molecular weight is 266 g/mol. The van der Waals surface area contributed by atoms with Gasteiger partial charge in [-0.1, -0.05) is 39.5 Å². The zero-order chi connectivity index (χ0) is 13.7. The van der Waals surface area contributed by atoms with Crippen LogP contribution in [-0.4, -0.2) is 36.1 Å². The van der Waals surface area contributed by atoms with Gasteiger partial charge in [0, 0.05) is 24.7 Å². The van der Waals surface area contributed by atoms with Crippen molar-refractivity contribution in [3.63, 3.8) is 0 Å².